The Balaban J connectivity index is 1.51. The minimum Gasteiger partial charge on any atom is -0.339 e. The molecule has 0 atom stereocenters. The first-order valence-electron chi connectivity index (χ1n) is 12.2. The normalized spacial score (nSPS) is 18.4. The lowest BCUT2D eigenvalue weighted by Crippen LogP contribution is -2.50. The van der Waals surface area contributed by atoms with Crippen LogP contribution in [0.4, 0.5) is 5.95 Å². The van der Waals surface area contributed by atoms with Gasteiger partial charge < -0.3 is 9.80 Å². The highest BCUT2D eigenvalue weighted by molar-refractivity contribution is 6.31. The Hall–Kier alpha value is -2.41. The van der Waals surface area contributed by atoms with Crippen LogP contribution in [0.5, 0.6) is 0 Å². The van der Waals surface area contributed by atoms with Crippen molar-refractivity contribution < 1.29 is 4.79 Å². The van der Waals surface area contributed by atoms with Crippen LogP contribution in [0.15, 0.2) is 18.2 Å². The molecule has 176 valence electrons. The summed E-state index contributed by atoms with van der Waals surface area (Å²) in [6, 6.07) is 5.78. The molecule has 1 aliphatic heterocycles. The van der Waals surface area contributed by atoms with Crippen molar-refractivity contribution >= 4 is 40.0 Å². The van der Waals surface area contributed by atoms with Gasteiger partial charge in [0.15, 0.2) is 5.65 Å². The number of carbonyl (C=O) groups excluding carboxylic acids is 1. The second kappa shape index (κ2) is 8.75. The van der Waals surface area contributed by atoms with Crippen LogP contribution in [-0.4, -0.2) is 56.6 Å². The molecule has 1 amide bonds. The van der Waals surface area contributed by atoms with Gasteiger partial charge in [0.2, 0.25) is 11.9 Å². The van der Waals surface area contributed by atoms with Crippen molar-refractivity contribution in [2.45, 2.75) is 65.2 Å². The number of hydrogen-bond acceptors (Lipinski definition) is 5. The molecule has 1 saturated carbocycles. The predicted molar refractivity (Wildman–Crippen MR) is 132 cm³/mol. The van der Waals surface area contributed by atoms with Crippen LogP contribution in [0.3, 0.4) is 0 Å². The molecule has 2 fully saturated rings. The summed E-state index contributed by atoms with van der Waals surface area (Å²) >= 11 is 6.30. The van der Waals surface area contributed by atoms with E-state index in [0.29, 0.717) is 30.5 Å². The summed E-state index contributed by atoms with van der Waals surface area (Å²) in [4.78, 5) is 22.1. The maximum Gasteiger partial charge on any atom is 0.223 e. The summed E-state index contributed by atoms with van der Waals surface area (Å²) in [5, 5.41) is 10.9. The van der Waals surface area contributed by atoms with Crippen LogP contribution in [-0.2, 0) is 4.79 Å². The van der Waals surface area contributed by atoms with E-state index in [1.807, 2.05) is 23.1 Å². The maximum atomic E-state index is 12.8. The lowest BCUT2D eigenvalue weighted by Gasteiger charge is -2.37. The molecular formula is C25H33ClN6O. The zero-order valence-corrected chi connectivity index (χ0v) is 20.6. The number of carbonyl (C=O) groups is 1. The minimum atomic E-state index is -0.00305. The molecule has 0 radical (unpaired) electrons. The zero-order chi connectivity index (χ0) is 23.2. The van der Waals surface area contributed by atoms with E-state index in [9.17, 15) is 4.79 Å². The fourth-order valence-corrected chi connectivity index (χ4v) is 5.34. The summed E-state index contributed by atoms with van der Waals surface area (Å²) in [7, 11) is 0. The third-order valence-corrected chi connectivity index (χ3v) is 7.11. The van der Waals surface area contributed by atoms with Crippen LogP contribution < -0.4 is 4.90 Å². The molecule has 33 heavy (non-hydrogen) atoms. The number of nitrogens with zero attached hydrogens (tertiary/aromatic N) is 6. The molecule has 3 heterocycles. The molecule has 1 saturated heterocycles. The molecule has 7 nitrogen and oxygen atoms in total. The van der Waals surface area contributed by atoms with E-state index < -0.39 is 0 Å². The molecule has 0 spiro atoms. The summed E-state index contributed by atoms with van der Waals surface area (Å²) in [6.07, 6.45) is 6.63. The van der Waals surface area contributed by atoms with Crippen molar-refractivity contribution in [2.24, 2.45) is 5.41 Å². The molecule has 0 N–H and O–H groups in total. The van der Waals surface area contributed by atoms with Gasteiger partial charge in [0.25, 0.3) is 0 Å². The van der Waals surface area contributed by atoms with Gasteiger partial charge in [-0.2, -0.15) is 0 Å². The van der Waals surface area contributed by atoms with Crippen molar-refractivity contribution in [2.75, 3.05) is 31.1 Å². The lowest BCUT2D eigenvalue weighted by molar-refractivity contribution is -0.133. The van der Waals surface area contributed by atoms with Gasteiger partial charge in [-0.1, -0.05) is 51.6 Å². The van der Waals surface area contributed by atoms with E-state index in [4.69, 9.17) is 16.6 Å². The molecule has 2 aromatic heterocycles. The summed E-state index contributed by atoms with van der Waals surface area (Å²) in [5.41, 5.74) is 1.68. The van der Waals surface area contributed by atoms with Crippen LogP contribution in [0.25, 0.3) is 16.6 Å². The standard InChI is InChI=1S/C25H33ClN6O/c1-25(2,3)16-21(33)30-11-13-31(14-12-30)24-27-20-15-18(26)9-10-19(20)23-29-28-22(32(23)24)17-7-5-4-6-8-17/h9-10,15,17H,4-8,11-14,16H2,1-3H3. The molecule has 2 aliphatic rings. The number of anilines is 1. The highest BCUT2D eigenvalue weighted by Gasteiger charge is 2.29. The monoisotopic (exact) mass is 468 g/mol. The third kappa shape index (κ3) is 4.52. The highest BCUT2D eigenvalue weighted by atomic mass is 35.5. The number of amides is 1. The van der Waals surface area contributed by atoms with Crippen LogP contribution in [0.2, 0.25) is 5.02 Å². The molecule has 3 aromatic rings. The SMILES string of the molecule is CC(C)(C)CC(=O)N1CCN(c2nc3cc(Cl)ccc3c3nnc(C4CCCCC4)n23)CC1. The smallest absolute Gasteiger partial charge is 0.223 e. The van der Waals surface area contributed by atoms with Gasteiger partial charge in [-0.05, 0) is 36.5 Å². The molecule has 1 aliphatic carbocycles. The van der Waals surface area contributed by atoms with Crippen LogP contribution >= 0.6 is 11.6 Å². The number of piperazine rings is 1. The van der Waals surface area contributed by atoms with Gasteiger partial charge in [-0.25, -0.2) is 9.38 Å². The molecule has 0 bridgehead atoms. The molecule has 1 aromatic carbocycles. The average Bonchev–Trinajstić information content (AvgIpc) is 3.23. The zero-order valence-electron chi connectivity index (χ0n) is 19.8. The third-order valence-electron chi connectivity index (χ3n) is 6.88. The summed E-state index contributed by atoms with van der Waals surface area (Å²) in [5.74, 6) is 2.54. The first kappa shape index (κ1) is 22.4. The quantitative estimate of drug-likeness (QED) is 0.537. The maximum absolute atomic E-state index is 12.8. The first-order chi connectivity index (χ1) is 15.8. The van der Waals surface area contributed by atoms with Crippen LogP contribution in [0.1, 0.15) is 71.0 Å². The van der Waals surface area contributed by atoms with Gasteiger partial charge in [0.1, 0.15) is 5.82 Å². The van der Waals surface area contributed by atoms with E-state index in [1.54, 1.807) is 0 Å². The fourth-order valence-electron chi connectivity index (χ4n) is 5.17. The van der Waals surface area contributed by atoms with E-state index in [2.05, 4.69) is 40.3 Å². The highest BCUT2D eigenvalue weighted by Crippen LogP contribution is 2.35. The molecular weight excluding hydrogens is 436 g/mol. The topological polar surface area (TPSA) is 66.6 Å². The van der Waals surface area contributed by atoms with Crippen molar-refractivity contribution in [3.05, 3.63) is 29.0 Å². The van der Waals surface area contributed by atoms with Gasteiger partial charge in [-0.3, -0.25) is 4.79 Å². The predicted octanol–water partition coefficient (Wildman–Crippen LogP) is 5.06. The second-order valence-electron chi connectivity index (χ2n) is 10.7. The lowest BCUT2D eigenvalue weighted by atomic mass is 9.89. The number of fused-ring (bicyclic) bond motifs is 3. The molecule has 8 heteroatoms. The van der Waals surface area contributed by atoms with Crippen molar-refractivity contribution in [3.8, 4) is 0 Å². The number of hydrogen-bond donors (Lipinski definition) is 0. The van der Waals surface area contributed by atoms with Crippen molar-refractivity contribution in [1.82, 2.24) is 24.5 Å². The van der Waals surface area contributed by atoms with Gasteiger partial charge in [0.05, 0.1) is 5.52 Å². The number of benzene rings is 1. The van der Waals surface area contributed by atoms with Gasteiger partial charge in [-0.15, -0.1) is 10.2 Å². The Labute approximate surface area is 200 Å². The first-order valence-corrected chi connectivity index (χ1v) is 12.5. The van der Waals surface area contributed by atoms with E-state index >= 15 is 0 Å². The Morgan fingerprint density at radius 2 is 1.79 bits per heavy atom. The number of halogens is 1. The minimum absolute atomic E-state index is 0.00305. The van der Waals surface area contributed by atoms with E-state index in [-0.39, 0.29) is 11.3 Å². The largest absolute Gasteiger partial charge is 0.339 e. The van der Waals surface area contributed by atoms with Crippen LogP contribution in [0, 0.1) is 5.41 Å². The Kier molecular flexibility index (Phi) is 5.93. The second-order valence-corrected chi connectivity index (χ2v) is 11.2. The van der Waals surface area contributed by atoms with E-state index in [0.717, 1.165) is 54.3 Å². The van der Waals surface area contributed by atoms with Crippen molar-refractivity contribution in [1.29, 1.82) is 0 Å². The fraction of sp³-hybridized carbons (Fsp3) is 0.600. The Morgan fingerprint density at radius 1 is 1.06 bits per heavy atom. The Bertz CT molecular complexity index is 1170. The summed E-state index contributed by atoms with van der Waals surface area (Å²) < 4.78 is 2.18. The number of rotatable bonds is 3. The Morgan fingerprint density at radius 3 is 2.48 bits per heavy atom. The summed E-state index contributed by atoms with van der Waals surface area (Å²) in [6.45, 7) is 9.22. The molecule has 0 unspecified atom stereocenters. The van der Waals surface area contributed by atoms with Gasteiger partial charge >= 0.3 is 0 Å². The van der Waals surface area contributed by atoms with Crippen molar-refractivity contribution in [3.63, 3.8) is 0 Å². The average molecular weight is 469 g/mol. The number of aromatic nitrogens is 4. The molecule has 5 rings (SSSR count). The van der Waals surface area contributed by atoms with Gasteiger partial charge in [0, 0.05) is 48.9 Å². The van der Waals surface area contributed by atoms with E-state index in [1.165, 1.54) is 19.3 Å².